The van der Waals surface area contributed by atoms with E-state index in [9.17, 15) is 4.79 Å². The fraction of sp³-hybridized carbons (Fsp3) is 0.667. The standard InChI is InChI=1S/C12H19N3O3/c1-9(2)15-10(7-11(13-15)12(16)17)8-14-3-5-18-6-4-14/h7,9H,3-6,8H2,1-2H3,(H,16,17). The Hall–Kier alpha value is -1.40. The van der Waals surface area contributed by atoms with E-state index in [1.807, 2.05) is 13.8 Å². The molecule has 0 spiro atoms. The molecule has 2 rings (SSSR count). The Morgan fingerprint density at radius 3 is 2.72 bits per heavy atom. The van der Waals surface area contributed by atoms with Gasteiger partial charge in [0, 0.05) is 25.7 Å². The normalized spacial score (nSPS) is 17.3. The second-order valence-corrected chi connectivity index (χ2v) is 4.75. The SMILES string of the molecule is CC(C)n1nc(C(=O)O)cc1CN1CCOCC1. The van der Waals surface area contributed by atoms with Crippen LogP contribution in [0, 0.1) is 0 Å². The first-order valence-corrected chi connectivity index (χ1v) is 6.19. The van der Waals surface area contributed by atoms with Crippen LogP contribution >= 0.6 is 0 Å². The Morgan fingerprint density at radius 2 is 2.17 bits per heavy atom. The number of nitrogens with zero attached hydrogens (tertiary/aromatic N) is 3. The maximum Gasteiger partial charge on any atom is 0.356 e. The predicted molar refractivity (Wildman–Crippen MR) is 65.7 cm³/mol. The number of carboxylic acids is 1. The lowest BCUT2D eigenvalue weighted by atomic mass is 10.3. The van der Waals surface area contributed by atoms with Gasteiger partial charge < -0.3 is 9.84 Å². The molecule has 6 nitrogen and oxygen atoms in total. The molecule has 0 aliphatic carbocycles. The Balaban J connectivity index is 2.16. The molecule has 0 radical (unpaired) electrons. The van der Waals surface area contributed by atoms with Crippen LogP contribution in [0.4, 0.5) is 0 Å². The van der Waals surface area contributed by atoms with Gasteiger partial charge in [-0.25, -0.2) is 4.79 Å². The highest BCUT2D eigenvalue weighted by atomic mass is 16.5. The van der Waals surface area contributed by atoms with E-state index < -0.39 is 5.97 Å². The number of hydrogen-bond acceptors (Lipinski definition) is 4. The molecular weight excluding hydrogens is 234 g/mol. The number of morpholine rings is 1. The van der Waals surface area contributed by atoms with Gasteiger partial charge in [-0.3, -0.25) is 9.58 Å². The highest BCUT2D eigenvalue weighted by molar-refractivity contribution is 5.85. The zero-order valence-corrected chi connectivity index (χ0v) is 10.8. The van der Waals surface area contributed by atoms with Crippen LogP contribution in [0.5, 0.6) is 0 Å². The molecule has 1 saturated heterocycles. The largest absolute Gasteiger partial charge is 0.476 e. The molecule has 0 amide bonds. The maximum atomic E-state index is 11.0. The maximum absolute atomic E-state index is 11.0. The quantitative estimate of drug-likeness (QED) is 0.867. The Morgan fingerprint density at radius 1 is 1.50 bits per heavy atom. The van der Waals surface area contributed by atoms with Gasteiger partial charge >= 0.3 is 5.97 Å². The number of carboxylic acid groups (broad SMARTS) is 1. The molecule has 1 aromatic heterocycles. The van der Waals surface area contributed by atoms with Crippen molar-refractivity contribution in [3.8, 4) is 0 Å². The average Bonchev–Trinajstić information content (AvgIpc) is 2.74. The molecule has 0 saturated carbocycles. The molecular formula is C12H19N3O3. The number of ether oxygens (including phenoxy) is 1. The molecule has 0 atom stereocenters. The van der Waals surface area contributed by atoms with Crippen LogP contribution in [0.15, 0.2) is 6.07 Å². The van der Waals surface area contributed by atoms with E-state index in [2.05, 4.69) is 10.00 Å². The summed E-state index contributed by atoms with van der Waals surface area (Å²) >= 11 is 0. The van der Waals surface area contributed by atoms with E-state index in [1.54, 1.807) is 10.7 Å². The van der Waals surface area contributed by atoms with Gasteiger partial charge in [-0.1, -0.05) is 0 Å². The summed E-state index contributed by atoms with van der Waals surface area (Å²) in [6.45, 7) is 7.96. The number of rotatable bonds is 4. The minimum atomic E-state index is -0.974. The summed E-state index contributed by atoms with van der Waals surface area (Å²) < 4.78 is 7.09. The summed E-state index contributed by atoms with van der Waals surface area (Å²) in [4.78, 5) is 13.2. The molecule has 1 aliphatic rings. The van der Waals surface area contributed by atoms with E-state index in [4.69, 9.17) is 9.84 Å². The third-order valence-corrected chi connectivity index (χ3v) is 3.01. The molecule has 1 N–H and O–H groups in total. The second-order valence-electron chi connectivity index (χ2n) is 4.75. The second kappa shape index (κ2) is 5.49. The molecule has 0 bridgehead atoms. The van der Waals surface area contributed by atoms with Crippen LogP contribution in [-0.2, 0) is 11.3 Å². The summed E-state index contributed by atoms with van der Waals surface area (Å²) in [5.74, 6) is -0.974. The van der Waals surface area contributed by atoms with Gasteiger partial charge in [0.1, 0.15) is 0 Å². The van der Waals surface area contributed by atoms with Gasteiger partial charge in [0.05, 0.1) is 18.9 Å². The van der Waals surface area contributed by atoms with Gasteiger partial charge in [-0.05, 0) is 19.9 Å². The van der Waals surface area contributed by atoms with Crippen LogP contribution in [0.2, 0.25) is 0 Å². The van der Waals surface area contributed by atoms with Crippen LogP contribution in [0.1, 0.15) is 36.1 Å². The number of aromatic carboxylic acids is 1. The van der Waals surface area contributed by atoms with Crippen molar-refractivity contribution in [3.63, 3.8) is 0 Å². The third kappa shape index (κ3) is 2.88. The summed E-state index contributed by atoms with van der Waals surface area (Å²) in [6.07, 6.45) is 0. The fourth-order valence-electron chi connectivity index (χ4n) is 2.09. The molecule has 0 aromatic carbocycles. The molecule has 2 heterocycles. The molecule has 100 valence electrons. The van der Waals surface area contributed by atoms with E-state index >= 15 is 0 Å². The van der Waals surface area contributed by atoms with Crippen LogP contribution in [-0.4, -0.2) is 52.1 Å². The van der Waals surface area contributed by atoms with Crippen molar-refractivity contribution in [1.29, 1.82) is 0 Å². The lowest BCUT2D eigenvalue weighted by Gasteiger charge is -2.27. The van der Waals surface area contributed by atoms with Crippen molar-refractivity contribution in [2.75, 3.05) is 26.3 Å². The number of aromatic nitrogens is 2. The number of carbonyl (C=O) groups is 1. The predicted octanol–water partition coefficient (Wildman–Crippen LogP) is 0.994. The first-order chi connectivity index (χ1) is 8.58. The van der Waals surface area contributed by atoms with Crippen LogP contribution < -0.4 is 0 Å². The highest BCUT2D eigenvalue weighted by Gasteiger charge is 2.18. The van der Waals surface area contributed by atoms with Gasteiger partial charge in [-0.2, -0.15) is 5.10 Å². The summed E-state index contributed by atoms with van der Waals surface area (Å²) in [6, 6.07) is 1.83. The molecule has 1 aliphatic heterocycles. The summed E-state index contributed by atoms with van der Waals surface area (Å²) in [5.41, 5.74) is 1.07. The first-order valence-electron chi connectivity index (χ1n) is 6.19. The van der Waals surface area contributed by atoms with E-state index in [1.165, 1.54) is 0 Å². The average molecular weight is 253 g/mol. The molecule has 1 fully saturated rings. The van der Waals surface area contributed by atoms with Crippen LogP contribution in [0.25, 0.3) is 0 Å². The zero-order valence-electron chi connectivity index (χ0n) is 10.8. The smallest absolute Gasteiger partial charge is 0.356 e. The first kappa shape index (κ1) is 13.0. The van der Waals surface area contributed by atoms with Crippen molar-refractivity contribution < 1.29 is 14.6 Å². The highest BCUT2D eigenvalue weighted by Crippen LogP contribution is 2.14. The Labute approximate surface area is 106 Å². The zero-order chi connectivity index (χ0) is 13.1. The molecule has 1 aromatic rings. The molecule has 6 heteroatoms. The van der Waals surface area contributed by atoms with Crippen molar-refractivity contribution in [3.05, 3.63) is 17.5 Å². The number of hydrogen-bond donors (Lipinski definition) is 1. The van der Waals surface area contributed by atoms with Gasteiger partial charge in [0.25, 0.3) is 0 Å². The fourth-order valence-corrected chi connectivity index (χ4v) is 2.09. The lowest BCUT2D eigenvalue weighted by molar-refractivity contribution is 0.0329. The molecule has 18 heavy (non-hydrogen) atoms. The van der Waals surface area contributed by atoms with Gasteiger partial charge in [-0.15, -0.1) is 0 Å². The van der Waals surface area contributed by atoms with Gasteiger partial charge in [0.15, 0.2) is 5.69 Å². The van der Waals surface area contributed by atoms with Crippen molar-refractivity contribution in [1.82, 2.24) is 14.7 Å². The minimum absolute atomic E-state index is 0.118. The van der Waals surface area contributed by atoms with E-state index in [-0.39, 0.29) is 11.7 Å². The monoisotopic (exact) mass is 253 g/mol. The molecule has 0 unspecified atom stereocenters. The van der Waals surface area contributed by atoms with Gasteiger partial charge in [0.2, 0.25) is 0 Å². The summed E-state index contributed by atoms with van der Waals surface area (Å²) in [5, 5.41) is 13.1. The lowest BCUT2D eigenvalue weighted by Crippen LogP contribution is -2.36. The minimum Gasteiger partial charge on any atom is -0.476 e. The van der Waals surface area contributed by atoms with E-state index in [0.29, 0.717) is 0 Å². The van der Waals surface area contributed by atoms with Crippen molar-refractivity contribution >= 4 is 5.97 Å². The van der Waals surface area contributed by atoms with Crippen LogP contribution in [0.3, 0.4) is 0 Å². The topological polar surface area (TPSA) is 67.6 Å². The van der Waals surface area contributed by atoms with E-state index in [0.717, 1.165) is 38.5 Å². The van der Waals surface area contributed by atoms with Crippen molar-refractivity contribution in [2.45, 2.75) is 26.4 Å². The Bertz CT molecular complexity index is 422. The van der Waals surface area contributed by atoms with Crippen molar-refractivity contribution in [2.24, 2.45) is 0 Å². The summed E-state index contributed by atoms with van der Waals surface area (Å²) in [7, 11) is 0. The Kier molecular flexibility index (Phi) is 3.98. The third-order valence-electron chi connectivity index (χ3n) is 3.01.